The molecule has 156 valence electrons. The summed E-state index contributed by atoms with van der Waals surface area (Å²) in [6, 6.07) is 4.09. The molecule has 0 bridgehead atoms. The van der Waals surface area contributed by atoms with E-state index in [0.717, 1.165) is 36.3 Å². The minimum Gasteiger partial charge on any atom is -0.357 e. The van der Waals surface area contributed by atoms with Crippen molar-refractivity contribution >= 4 is 29.9 Å². The Hall–Kier alpha value is -1.64. The van der Waals surface area contributed by atoms with Crippen molar-refractivity contribution in [1.29, 1.82) is 0 Å². The molecule has 28 heavy (non-hydrogen) atoms. The van der Waals surface area contributed by atoms with Gasteiger partial charge in [-0.3, -0.25) is 4.57 Å². The zero-order valence-corrected chi connectivity index (χ0v) is 19.9. The Bertz CT molecular complexity index is 695. The Morgan fingerprint density at radius 1 is 1.18 bits per heavy atom. The summed E-state index contributed by atoms with van der Waals surface area (Å²) >= 11 is 0. The van der Waals surface area contributed by atoms with E-state index < -0.39 is 0 Å². The predicted octanol–water partition coefficient (Wildman–Crippen LogP) is 4.47. The number of nitrogens with zero attached hydrogens (tertiary/aromatic N) is 4. The van der Waals surface area contributed by atoms with Gasteiger partial charge in [0.1, 0.15) is 11.6 Å². The molecule has 0 aliphatic heterocycles. The summed E-state index contributed by atoms with van der Waals surface area (Å²) in [5.74, 6) is 3.39. The minimum atomic E-state index is 0. The van der Waals surface area contributed by atoms with Crippen molar-refractivity contribution in [2.75, 3.05) is 13.1 Å². The fraction of sp³-hybridized carbons (Fsp3) is 0.571. The number of nitrogens with one attached hydrogen (secondary N) is 2. The van der Waals surface area contributed by atoms with Gasteiger partial charge in [-0.15, -0.1) is 24.0 Å². The van der Waals surface area contributed by atoms with Crippen LogP contribution >= 0.6 is 24.0 Å². The highest BCUT2D eigenvalue weighted by Gasteiger charge is 2.07. The molecule has 0 saturated carbocycles. The zero-order valence-electron chi connectivity index (χ0n) is 17.6. The van der Waals surface area contributed by atoms with E-state index in [0.29, 0.717) is 12.5 Å². The lowest BCUT2D eigenvalue weighted by Gasteiger charge is -2.18. The van der Waals surface area contributed by atoms with Crippen LogP contribution < -0.4 is 10.6 Å². The SMILES string of the molecule is CCCCC(CC)CNC(=NCc1ccc(-n2ccnc2C)nc1)NCC.I. The van der Waals surface area contributed by atoms with Crippen LogP contribution in [-0.4, -0.2) is 33.6 Å². The third kappa shape index (κ3) is 7.77. The second kappa shape index (κ2) is 13.5. The normalized spacial score (nSPS) is 12.4. The molecule has 0 aliphatic rings. The smallest absolute Gasteiger partial charge is 0.191 e. The van der Waals surface area contributed by atoms with E-state index in [-0.39, 0.29) is 24.0 Å². The summed E-state index contributed by atoms with van der Waals surface area (Å²) in [5, 5.41) is 6.83. The second-order valence-corrected chi connectivity index (χ2v) is 6.86. The number of guanidine groups is 1. The molecule has 0 aliphatic carbocycles. The summed E-state index contributed by atoms with van der Waals surface area (Å²) in [6.45, 7) is 11.0. The number of rotatable bonds is 10. The van der Waals surface area contributed by atoms with E-state index >= 15 is 0 Å². The van der Waals surface area contributed by atoms with Crippen LogP contribution in [0.15, 0.2) is 35.7 Å². The fourth-order valence-corrected chi connectivity index (χ4v) is 2.97. The topological polar surface area (TPSA) is 67.1 Å². The maximum absolute atomic E-state index is 4.72. The molecule has 1 unspecified atom stereocenters. The number of aliphatic imine (C=N–C) groups is 1. The van der Waals surface area contributed by atoms with Gasteiger partial charge < -0.3 is 10.6 Å². The van der Waals surface area contributed by atoms with Gasteiger partial charge in [0.25, 0.3) is 0 Å². The second-order valence-electron chi connectivity index (χ2n) is 6.86. The molecule has 0 radical (unpaired) electrons. The molecule has 6 nitrogen and oxygen atoms in total. The Kier molecular flexibility index (Phi) is 11.8. The Labute approximate surface area is 186 Å². The lowest BCUT2D eigenvalue weighted by atomic mass is 9.99. The van der Waals surface area contributed by atoms with Gasteiger partial charge in [0.05, 0.1) is 6.54 Å². The van der Waals surface area contributed by atoms with Crippen LogP contribution in [0, 0.1) is 12.8 Å². The number of imidazole rings is 1. The van der Waals surface area contributed by atoms with Gasteiger partial charge >= 0.3 is 0 Å². The van der Waals surface area contributed by atoms with Crippen molar-refractivity contribution in [3.8, 4) is 5.82 Å². The van der Waals surface area contributed by atoms with Crippen molar-refractivity contribution in [3.05, 3.63) is 42.1 Å². The molecular formula is C21H35IN6. The third-order valence-corrected chi connectivity index (χ3v) is 4.75. The lowest BCUT2D eigenvalue weighted by molar-refractivity contribution is 0.443. The first-order valence-corrected chi connectivity index (χ1v) is 10.1. The average Bonchev–Trinajstić information content (AvgIpc) is 3.12. The van der Waals surface area contributed by atoms with Crippen LogP contribution in [0.5, 0.6) is 0 Å². The molecule has 1 atom stereocenters. The third-order valence-electron chi connectivity index (χ3n) is 4.75. The van der Waals surface area contributed by atoms with E-state index in [2.05, 4.69) is 47.4 Å². The highest BCUT2D eigenvalue weighted by Crippen LogP contribution is 2.11. The van der Waals surface area contributed by atoms with Gasteiger partial charge in [-0.1, -0.05) is 39.2 Å². The number of aryl methyl sites for hydroxylation is 1. The largest absolute Gasteiger partial charge is 0.357 e. The van der Waals surface area contributed by atoms with Gasteiger partial charge in [0.15, 0.2) is 5.96 Å². The number of pyridine rings is 1. The Balaban J connectivity index is 0.00000392. The van der Waals surface area contributed by atoms with Gasteiger partial charge in [-0.2, -0.15) is 0 Å². The van der Waals surface area contributed by atoms with Crippen molar-refractivity contribution in [3.63, 3.8) is 0 Å². The zero-order chi connectivity index (χ0) is 19.5. The molecule has 2 aromatic rings. The molecule has 7 heteroatoms. The molecule has 2 aromatic heterocycles. The number of hydrogen-bond acceptors (Lipinski definition) is 3. The molecule has 0 aromatic carbocycles. The summed E-state index contributed by atoms with van der Waals surface area (Å²) < 4.78 is 1.97. The van der Waals surface area contributed by atoms with Crippen LogP contribution in [0.2, 0.25) is 0 Å². The molecule has 0 amide bonds. The predicted molar refractivity (Wildman–Crippen MR) is 128 cm³/mol. The van der Waals surface area contributed by atoms with Crippen LogP contribution in [0.1, 0.15) is 57.8 Å². The maximum Gasteiger partial charge on any atom is 0.191 e. The van der Waals surface area contributed by atoms with Gasteiger partial charge in [-0.05, 0) is 37.8 Å². The number of hydrogen-bond donors (Lipinski definition) is 2. The van der Waals surface area contributed by atoms with E-state index in [9.17, 15) is 0 Å². The van der Waals surface area contributed by atoms with Crippen LogP contribution in [-0.2, 0) is 6.54 Å². The first-order chi connectivity index (χ1) is 13.2. The van der Waals surface area contributed by atoms with Crippen LogP contribution in [0.4, 0.5) is 0 Å². The summed E-state index contributed by atoms with van der Waals surface area (Å²) in [7, 11) is 0. The minimum absolute atomic E-state index is 0. The monoisotopic (exact) mass is 498 g/mol. The van der Waals surface area contributed by atoms with Crippen molar-refractivity contribution in [1.82, 2.24) is 25.2 Å². The first kappa shape index (κ1) is 24.4. The fourth-order valence-electron chi connectivity index (χ4n) is 2.97. The standard InChI is InChI=1S/C21H34N6.HI/c1-5-8-9-18(6-2)14-25-21(22-7-3)26-16-19-10-11-20(24-15-19)27-13-12-23-17(27)4;/h10-13,15,18H,5-9,14,16H2,1-4H3,(H2,22,25,26);1H. The Morgan fingerprint density at radius 3 is 2.57 bits per heavy atom. The van der Waals surface area contributed by atoms with Crippen LogP contribution in [0.3, 0.4) is 0 Å². The summed E-state index contributed by atoms with van der Waals surface area (Å²) in [5.41, 5.74) is 1.09. The lowest BCUT2D eigenvalue weighted by Crippen LogP contribution is -2.39. The first-order valence-electron chi connectivity index (χ1n) is 10.1. The quantitative estimate of drug-likeness (QED) is 0.288. The van der Waals surface area contributed by atoms with E-state index in [1.54, 1.807) is 6.20 Å². The van der Waals surface area contributed by atoms with Gasteiger partial charge in [0, 0.05) is 31.7 Å². The van der Waals surface area contributed by atoms with E-state index in [1.165, 1.54) is 25.7 Å². The van der Waals surface area contributed by atoms with Gasteiger partial charge in [-0.25, -0.2) is 15.0 Å². The highest BCUT2D eigenvalue weighted by molar-refractivity contribution is 14.0. The highest BCUT2D eigenvalue weighted by atomic mass is 127. The number of unbranched alkanes of at least 4 members (excludes halogenated alkanes) is 1. The van der Waals surface area contributed by atoms with Crippen LogP contribution in [0.25, 0.3) is 5.82 Å². The molecular weight excluding hydrogens is 463 g/mol. The maximum atomic E-state index is 4.72. The molecule has 2 N–H and O–H groups in total. The van der Waals surface area contributed by atoms with E-state index in [1.807, 2.05) is 30.0 Å². The molecule has 0 fully saturated rings. The Morgan fingerprint density at radius 2 is 2.00 bits per heavy atom. The number of aromatic nitrogens is 3. The van der Waals surface area contributed by atoms with Gasteiger partial charge in [0.2, 0.25) is 0 Å². The molecule has 0 spiro atoms. The van der Waals surface area contributed by atoms with Crippen molar-refractivity contribution < 1.29 is 0 Å². The number of halogens is 1. The summed E-state index contributed by atoms with van der Waals surface area (Å²) in [4.78, 5) is 13.5. The molecule has 2 heterocycles. The summed E-state index contributed by atoms with van der Waals surface area (Å²) in [6.07, 6.45) is 10.6. The molecule has 2 rings (SSSR count). The van der Waals surface area contributed by atoms with Crippen molar-refractivity contribution in [2.24, 2.45) is 10.9 Å². The van der Waals surface area contributed by atoms with Crippen molar-refractivity contribution in [2.45, 2.75) is 59.9 Å². The average molecular weight is 498 g/mol. The van der Waals surface area contributed by atoms with E-state index in [4.69, 9.17) is 4.99 Å². The molecule has 0 saturated heterocycles.